The van der Waals surface area contributed by atoms with Crippen molar-refractivity contribution < 1.29 is 39.0 Å². The summed E-state index contributed by atoms with van der Waals surface area (Å²) in [6.07, 6.45) is -0.816. The van der Waals surface area contributed by atoms with E-state index in [1.165, 1.54) is 6.92 Å². The molecule has 0 saturated carbocycles. The molecule has 0 fully saturated rings. The number of rotatable bonds is 14. The van der Waals surface area contributed by atoms with Crippen LogP contribution in [0.4, 0.5) is 0 Å². The van der Waals surface area contributed by atoms with E-state index in [-0.39, 0.29) is 12.8 Å². The van der Waals surface area contributed by atoms with Crippen LogP contribution in [0, 0.1) is 5.92 Å². The Morgan fingerprint density at radius 1 is 0.871 bits per heavy atom. The molecule has 0 aliphatic heterocycles. The van der Waals surface area contributed by atoms with Gasteiger partial charge in [0.25, 0.3) is 0 Å². The van der Waals surface area contributed by atoms with E-state index in [0.717, 1.165) is 0 Å². The van der Waals surface area contributed by atoms with E-state index in [2.05, 4.69) is 16.0 Å². The van der Waals surface area contributed by atoms with Crippen LogP contribution in [-0.4, -0.2) is 69.9 Å². The fraction of sp³-hybridized carbons (Fsp3) is 0.667. The second-order valence-corrected chi connectivity index (χ2v) is 7.22. The van der Waals surface area contributed by atoms with Crippen molar-refractivity contribution in [2.24, 2.45) is 17.4 Å². The normalized spacial score (nSPS) is 15.5. The monoisotopic (exact) mass is 445 g/mol. The largest absolute Gasteiger partial charge is 0.481 e. The number of primary amides is 1. The lowest BCUT2D eigenvalue weighted by Gasteiger charge is -2.27. The molecule has 0 aromatic heterocycles. The first-order valence-electron chi connectivity index (χ1n) is 9.69. The van der Waals surface area contributed by atoms with Crippen molar-refractivity contribution in [2.75, 3.05) is 0 Å². The van der Waals surface area contributed by atoms with Crippen molar-refractivity contribution in [3.63, 3.8) is 0 Å². The molecule has 0 aromatic carbocycles. The number of carboxylic acid groups (broad SMARTS) is 2. The number of amides is 4. The number of hydrogen-bond donors (Lipinski definition) is 7. The molecule has 0 heterocycles. The van der Waals surface area contributed by atoms with Gasteiger partial charge in [0.1, 0.15) is 18.1 Å². The molecule has 0 spiro atoms. The topological polar surface area (TPSA) is 231 Å². The van der Waals surface area contributed by atoms with Crippen LogP contribution in [0.1, 0.15) is 46.5 Å². The number of carbonyl (C=O) groups is 6. The summed E-state index contributed by atoms with van der Waals surface area (Å²) in [5.74, 6) is -6.52. The van der Waals surface area contributed by atoms with Crippen LogP contribution in [0.2, 0.25) is 0 Å². The van der Waals surface area contributed by atoms with E-state index < -0.39 is 72.1 Å². The molecule has 0 unspecified atom stereocenters. The maximum absolute atomic E-state index is 12.7. The van der Waals surface area contributed by atoms with Crippen LogP contribution in [0.15, 0.2) is 0 Å². The summed E-state index contributed by atoms with van der Waals surface area (Å²) in [4.78, 5) is 70.4. The molecule has 0 aliphatic carbocycles. The summed E-state index contributed by atoms with van der Waals surface area (Å²) in [5.41, 5.74) is 10.6. The van der Waals surface area contributed by atoms with Gasteiger partial charge in [0.05, 0.1) is 12.5 Å². The SMILES string of the molecule is CC[C@H](C)[C@H](NC(=O)[C@H](CCC(N)=O)NC(=O)[C@H](C)N)C(=O)N[C@@H](CC(=O)O)C(=O)O. The van der Waals surface area contributed by atoms with Crippen LogP contribution in [0.5, 0.6) is 0 Å². The van der Waals surface area contributed by atoms with E-state index in [0.29, 0.717) is 6.42 Å². The lowest BCUT2D eigenvalue weighted by molar-refractivity contribution is -0.147. The van der Waals surface area contributed by atoms with Crippen LogP contribution < -0.4 is 27.4 Å². The van der Waals surface area contributed by atoms with E-state index >= 15 is 0 Å². The smallest absolute Gasteiger partial charge is 0.326 e. The summed E-state index contributed by atoms with van der Waals surface area (Å²) in [5, 5.41) is 24.8. The van der Waals surface area contributed by atoms with Gasteiger partial charge >= 0.3 is 11.9 Å². The first kappa shape index (κ1) is 27.8. The van der Waals surface area contributed by atoms with Gasteiger partial charge in [-0.15, -0.1) is 0 Å². The van der Waals surface area contributed by atoms with Crippen molar-refractivity contribution >= 4 is 35.6 Å². The molecule has 0 rings (SSSR count). The van der Waals surface area contributed by atoms with Gasteiger partial charge in [-0.1, -0.05) is 20.3 Å². The summed E-state index contributed by atoms with van der Waals surface area (Å²) in [7, 11) is 0. The van der Waals surface area contributed by atoms with Gasteiger partial charge in [-0.05, 0) is 19.3 Å². The molecule has 31 heavy (non-hydrogen) atoms. The van der Waals surface area contributed by atoms with Gasteiger partial charge in [-0.25, -0.2) is 4.79 Å². The van der Waals surface area contributed by atoms with Crippen LogP contribution in [-0.2, 0) is 28.8 Å². The maximum atomic E-state index is 12.7. The molecule has 13 heteroatoms. The Bertz CT molecular complexity index is 696. The Kier molecular flexibility index (Phi) is 11.8. The lowest BCUT2D eigenvalue weighted by atomic mass is 9.97. The number of hydrogen-bond acceptors (Lipinski definition) is 7. The second kappa shape index (κ2) is 13.2. The minimum Gasteiger partial charge on any atom is -0.481 e. The molecule has 0 aliphatic rings. The molecular formula is C18H31N5O8. The maximum Gasteiger partial charge on any atom is 0.326 e. The number of carbonyl (C=O) groups excluding carboxylic acids is 4. The first-order chi connectivity index (χ1) is 14.3. The van der Waals surface area contributed by atoms with Gasteiger partial charge in [-0.3, -0.25) is 24.0 Å². The van der Waals surface area contributed by atoms with Gasteiger partial charge in [0.15, 0.2) is 0 Å². The fourth-order valence-corrected chi connectivity index (χ4v) is 2.45. The highest BCUT2D eigenvalue weighted by molar-refractivity contribution is 5.95. The summed E-state index contributed by atoms with van der Waals surface area (Å²) >= 11 is 0. The third kappa shape index (κ3) is 10.4. The standard InChI is InChI=1S/C18H31N5O8/c1-4-8(2)14(17(29)22-11(18(30)31)7-13(25)26)23-16(28)10(5-6-12(20)24)21-15(27)9(3)19/h8-11,14H,4-7,19H2,1-3H3,(H2,20,24)(H,21,27)(H,22,29)(H,23,28)(H,25,26)(H,30,31)/t8-,9-,10-,11-,14-/m0/s1. The number of nitrogens with one attached hydrogen (secondary N) is 3. The molecular weight excluding hydrogens is 414 g/mol. The highest BCUT2D eigenvalue weighted by Crippen LogP contribution is 2.10. The van der Waals surface area contributed by atoms with Crippen LogP contribution >= 0.6 is 0 Å². The third-order valence-electron chi connectivity index (χ3n) is 4.51. The Hall–Kier alpha value is -3.22. The Morgan fingerprint density at radius 3 is 1.84 bits per heavy atom. The molecule has 0 bridgehead atoms. The molecule has 5 atom stereocenters. The third-order valence-corrected chi connectivity index (χ3v) is 4.51. The van der Waals surface area contributed by atoms with E-state index in [4.69, 9.17) is 21.7 Å². The Morgan fingerprint density at radius 2 is 1.42 bits per heavy atom. The quantitative estimate of drug-likeness (QED) is 0.151. The van der Waals surface area contributed by atoms with Crippen molar-refractivity contribution in [3.8, 4) is 0 Å². The van der Waals surface area contributed by atoms with Crippen LogP contribution in [0.3, 0.4) is 0 Å². The molecule has 0 aromatic rings. The predicted octanol–water partition coefficient (Wildman–Crippen LogP) is -2.34. The predicted molar refractivity (Wildman–Crippen MR) is 107 cm³/mol. The van der Waals surface area contributed by atoms with Crippen LogP contribution in [0.25, 0.3) is 0 Å². The zero-order valence-electron chi connectivity index (χ0n) is 17.7. The average Bonchev–Trinajstić information content (AvgIpc) is 2.66. The minimum absolute atomic E-state index is 0.148. The highest BCUT2D eigenvalue weighted by Gasteiger charge is 2.33. The molecule has 0 radical (unpaired) electrons. The first-order valence-corrected chi connectivity index (χ1v) is 9.69. The average molecular weight is 445 g/mol. The molecule has 176 valence electrons. The minimum atomic E-state index is -1.70. The van der Waals surface area contributed by atoms with Crippen molar-refractivity contribution in [1.29, 1.82) is 0 Å². The van der Waals surface area contributed by atoms with E-state index in [9.17, 15) is 28.8 Å². The van der Waals surface area contributed by atoms with Crippen molar-refractivity contribution in [2.45, 2.75) is 70.6 Å². The molecule has 4 amide bonds. The zero-order valence-corrected chi connectivity index (χ0v) is 17.7. The lowest BCUT2D eigenvalue weighted by Crippen LogP contribution is -2.58. The Labute approximate surface area is 179 Å². The van der Waals surface area contributed by atoms with Gasteiger partial charge in [0.2, 0.25) is 23.6 Å². The van der Waals surface area contributed by atoms with Gasteiger partial charge < -0.3 is 37.6 Å². The number of aliphatic carboxylic acids is 2. The fourth-order valence-electron chi connectivity index (χ4n) is 2.45. The number of nitrogens with two attached hydrogens (primary N) is 2. The molecule has 13 nitrogen and oxygen atoms in total. The number of carboxylic acids is 2. The molecule has 9 N–H and O–H groups in total. The molecule has 0 saturated heterocycles. The van der Waals surface area contributed by atoms with Gasteiger partial charge in [-0.2, -0.15) is 0 Å². The zero-order chi connectivity index (χ0) is 24.3. The van der Waals surface area contributed by atoms with Gasteiger partial charge in [0, 0.05) is 6.42 Å². The van der Waals surface area contributed by atoms with E-state index in [1.807, 2.05) is 0 Å². The highest BCUT2D eigenvalue weighted by atomic mass is 16.4. The summed E-state index contributed by atoms with van der Waals surface area (Å²) in [6, 6.07) is -5.09. The van der Waals surface area contributed by atoms with Crippen molar-refractivity contribution in [3.05, 3.63) is 0 Å². The van der Waals surface area contributed by atoms with E-state index in [1.54, 1.807) is 13.8 Å². The second-order valence-electron chi connectivity index (χ2n) is 7.22. The summed E-state index contributed by atoms with van der Waals surface area (Å²) < 4.78 is 0. The summed E-state index contributed by atoms with van der Waals surface area (Å²) in [6.45, 7) is 4.74. The van der Waals surface area contributed by atoms with Crippen molar-refractivity contribution in [1.82, 2.24) is 16.0 Å². The Balaban J connectivity index is 5.55.